The van der Waals surface area contributed by atoms with Gasteiger partial charge >= 0.3 is 0 Å². The molecule has 0 aliphatic rings. The summed E-state index contributed by atoms with van der Waals surface area (Å²) in [7, 11) is 0. The Morgan fingerprint density at radius 3 is 2.71 bits per heavy atom. The van der Waals surface area contributed by atoms with E-state index in [0.717, 1.165) is 23.0 Å². The van der Waals surface area contributed by atoms with Crippen LogP contribution in [0.25, 0.3) is 10.4 Å². The van der Waals surface area contributed by atoms with Crippen molar-refractivity contribution in [1.82, 2.24) is 0 Å². The van der Waals surface area contributed by atoms with Crippen LogP contribution in [0.4, 0.5) is 5.69 Å². The number of furan rings is 1. The smallest absolute Gasteiger partial charge is 0.123 e. The Balaban J connectivity index is 1.73. The first-order chi connectivity index (χ1) is 10.4. The van der Waals surface area contributed by atoms with E-state index in [-0.39, 0.29) is 0 Å². The van der Waals surface area contributed by atoms with Gasteiger partial charge in [-0.3, -0.25) is 0 Å². The zero-order valence-corrected chi connectivity index (χ0v) is 13.5. The predicted octanol–water partition coefficient (Wildman–Crippen LogP) is 5.48. The summed E-state index contributed by atoms with van der Waals surface area (Å²) in [5.41, 5.74) is 2.38. The van der Waals surface area contributed by atoms with E-state index < -0.39 is 0 Å². The Morgan fingerprint density at radius 1 is 1.05 bits per heavy atom. The molecule has 2 aromatic heterocycles. The summed E-state index contributed by atoms with van der Waals surface area (Å²) >= 11 is 3.53. The lowest BCUT2D eigenvalue weighted by molar-refractivity contribution is 0.487. The van der Waals surface area contributed by atoms with Gasteiger partial charge in [-0.25, -0.2) is 0 Å². The molecule has 3 aromatic rings. The van der Waals surface area contributed by atoms with Crippen molar-refractivity contribution in [1.29, 1.82) is 0 Å². The Labute approximate surface area is 133 Å². The van der Waals surface area contributed by atoms with Gasteiger partial charge in [0.05, 0.1) is 12.3 Å². The molecule has 0 fully saturated rings. The minimum absolute atomic E-state index is 0.705. The number of thioether (sulfide) groups is 1. The molecule has 108 valence electrons. The Hall–Kier alpha value is -1.65. The van der Waals surface area contributed by atoms with Crippen LogP contribution >= 0.6 is 23.1 Å². The molecule has 0 aliphatic heterocycles. The Morgan fingerprint density at radius 2 is 1.90 bits per heavy atom. The molecule has 0 spiro atoms. The average Bonchev–Trinajstić information content (AvgIpc) is 3.17. The van der Waals surface area contributed by atoms with Gasteiger partial charge in [-0.1, -0.05) is 24.3 Å². The lowest BCUT2D eigenvalue weighted by Gasteiger charge is -2.09. The fourth-order valence-corrected chi connectivity index (χ4v) is 3.41. The number of thiophene rings is 1. The van der Waals surface area contributed by atoms with Crippen LogP contribution in [-0.2, 0) is 12.3 Å². The maximum Gasteiger partial charge on any atom is 0.123 e. The summed E-state index contributed by atoms with van der Waals surface area (Å²) in [4.78, 5) is 1.28. The van der Waals surface area contributed by atoms with Gasteiger partial charge in [-0.05, 0) is 35.9 Å². The van der Waals surface area contributed by atoms with Crippen molar-refractivity contribution in [2.75, 3.05) is 11.6 Å². The Bertz CT molecular complexity index is 688. The van der Waals surface area contributed by atoms with Crippen molar-refractivity contribution in [2.24, 2.45) is 0 Å². The summed E-state index contributed by atoms with van der Waals surface area (Å²) in [6, 6.07) is 16.7. The molecular formula is C17H17NOS2. The van der Waals surface area contributed by atoms with Gasteiger partial charge in [0.15, 0.2) is 0 Å². The van der Waals surface area contributed by atoms with Crippen molar-refractivity contribution < 1.29 is 4.42 Å². The van der Waals surface area contributed by atoms with Crippen molar-refractivity contribution in [3.8, 4) is 10.4 Å². The second kappa shape index (κ2) is 6.87. The van der Waals surface area contributed by atoms with Crippen molar-refractivity contribution in [2.45, 2.75) is 12.3 Å². The Kier molecular flexibility index (Phi) is 4.68. The normalized spacial score (nSPS) is 10.7. The first kappa shape index (κ1) is 14.3. The average molecular weight is 315 g/mol. The van der Waals surface area contributed by atoms with Crippen molar-refractivity contribution in [3.05, 3.63) is 65.4 Å². The van der Waals surface area contributed by atoms with E-state index in [1.807, 2.05) is 6.07 Å². The molecule has 2 heterocycles. The van der Waals surface area contributed by atoms with E-state index in [2.05, 4.69) is 59.4 Å². The lowest BCUT2D eigenvalue weighted by atomic mass is 10.1. The standard InChI is InChI=1S/C17H17NOS2/c1-20-12-14-9-8-13(19-14)11-18-16-6-3-2-5-15(16)17-7-4-10-21-17/h2-10,18H,11-12H2,1H3. The number of hydrogen-bond acceptors (Lipinski definition) is 4. The van der Waals surface area contributed by atoms with Crippen LogP contribution in [0.1, 0.15) is 11.5 Å². The van der Waals surface area contributed by atoms with Crippen LogP contribution in [0.15, 0.2) is 58.3 Å². The SMILES string of the molecule is CSCc1ccc(CNc2ccccc2-c2cccs2)o1. The highest BCUT2D eigenvalue weighted by atomic mass is 32.2. The fourth-order valence-electron chi connectivity index (χ4n) is 2.20. The third-order valence-corrected chi connectivity index (χ3v) is 4.65. The molecule has 0 unspecified atom stereocenters. The van der Waals surface area contributed by atoms with Gasteiger partial charge in [-0.15, -0.1) is 11.3 Å². The molecule has 0 amide bonds. The molecule has 1 N–H and O–H groups in total. The number of nitrogens with one attached hydrogen (secondary N) is 1. The van der Waals surface area contributed by atoms with Gasteiger partial charge in [0.25, 0.3) is 0 Å². The van der Waals surface area contributed by atoms with Gasteiger partial charge in [-0.2, -0.15) is 11.8 Å². The van der Waals surface area contributed by atoms with Gasteiger partial charge < -0.3 is 9.73 Å². The molecule has 0 saturated carbocycles. The summed E-state index contributed by atoms with van der Waals surface area (Å²) in [6.45, 7) is 0.705. The van der Waals surface area contributed by atoms with Gasteiger partial charge in [0.2, 0.25) is 0 Å². The summed E-state index contributed by atoms with van der Waals surface area (Å²) < 4.78 is 5.80. The molecule has 0 atom stereocenters. The molecule has 4 heteroatoms. The van der Waals surface area contributed by atoms with Crippen LogP contribution in [0, 0.1) is 0 Å². The highest BCUT2D eigenvalue weighted by Crippen LogP contribution is 2.31. The van der Waals surface area contributed by atoms with Crippen LogP contribution in [0.5, 0.6) is 0 Å². The zero-order chi connectivity index (χ0) is 14.5. The molecule has 3 rings (SSSR count). The van der Waals surface area contributed by atoms with Crippen LogP contribution in [-0.4, -0.2) is 6.26 Å². The molecule has 21 heavy (non-hydrogen) atoms. The highest BCUT2D eigenvalue weighted by molar-refractivity contribution is 7.97. The number of benzene rings is 1. The third-order valence-electron chi connectivity index (χ3n) is 3.17. The van der Waals surface area contributed by atoms with E-state index in [4.69, 9.17) is 4.42 Å². The molecule has 2 nitrogen and oxygen atoms in total. The highest BCUT2D eigenvalue weighted by Gasteiger charge is 2.06. The lowest BCUT2D eigenvalue weighted by Crippen LogP contribution is -1.99. The molecule has 1 aromatic carbocycles. The third kappa shape index (κ3) is 3.52. The number of anilines is 1. The quantitative estimate of drug-likeness (QED) is 0.651. The van der Waals surface area contributed by atoms with Crippen LogP contribution in [0.2, 0.25) is 0 Å². The minimum atomic E-state index is 0.705. The first-order valence-corrected chi connectivity index (χ1v) is 9.07. The van der Waals surface area contributed by atoms with E-state index >= 15 is 0 Å². The van der Waals surface area contributed by atoms with E-state index in [1.54, 1.807) is 23.1 Å². The maximum absolute atomic E-state index is 5.80. The van der Waals surface area contributed by atoms with Crippen molar-refractivity contribution >= 4 is 28.8 Å². The summed E-state index contributed by atoms with van der Waals surface area (Å²) in [5, 5.41) is 5.58. The predicted molar refractivity (Wildman–Crippen MR) is 93.0 cm³/mol. The number of rotatable bonds is 6. The van der Waals surface area contributed by atoms with E-state index in [1.165, 1.54) is 10.4 Å². The van der Waals surface area contributed by atoms with E-state index in [0.29, 0.717) is 6.54 Å². The molecule has 0 bridgehead atoms. The molecule has 0 radical (unpaired) electrons. The van der Waals surface area contributed by atoms with Gasteiger partial charge in [0.1, 0.15) is 11.5 Å². The fraction of sp³-hybridized carbons (Fsp3) is 0.176. The molecular weight excluding hydrogens is 298 g/mol. The van der Waals surface area contributed by atoms with Gasteiger partial charge in [0, 0.05) is 16.1 Å². The second-order valence-electron chi connectivity index (χ2n) is 4.68. The van der Waals surface area contributed by atoms with E-state index in [9.17, 15) is 0 Å². The second-order valence-corrected chi connectivity index (χ2v) is 6.49. The maximum atomic E-state index is 5.80. The number of hydrogen-bond donors (Lipinski definition) is 1. The van der Waals surface area contributed by atoms with Crippen molar-refractivity contribution in [3.63, 3.8) is 0 Å². The van der Waals surface area contributed by atoms with Crippen LogP contribution < -0.4 is 5.32 Å². The monoisotopic (exact) mass is 315 g/mol. The first-order valence-electron chi connectivity index (χ1n) is 6.80. The zero-order valence-electron chi connectivity index (χ0n) is 11.8. The largest absolute Gasteiger partial charge is 0.463 e. The summed E-state index contributed by atoms with van der Waals surface area (Å²) in [6.07, 6.45) is 2.08. The minimum Gasteiger partial charge on any atom is -0.463 e. The molecule has 0 aliphatic carbocycles. The molecule has 0 saturated heterocycles. The number of para-hydroxylation sites is 1. The van der Waals surface area contributed by atoms with Crippen LogP contribution in [0.3, 0.4) is 0 Å². The summed E-state index contributed by atoms with van der Waals surface area (Å²) in [5.74, 6) is 2.93. The topological polar surface area (TPSA) is 25.2 Å².